The molecule has 0 aromatic carbocycles. The molecule has 2 heterocycles. The monoisotopic (exact) mass is 347 g/mol. The molecule has 2 unspecified atom stereocenters. The van der Waals surface area contributed by atoms with E-state index in [1.54, 1.807) is 6.33 Å². The van der Waals surface area contributed by atoms with Crippen LogP contribution in [0.3, 0.4) is 0 Å². The molecular formula is C18H29N5O2. The van der Waals surface area contributed by atoms with Gasteiger partial charge >= 0.3 is 0 Å². The fraction of sp³-hybridized carbons (Fsp3) is 0.667. The van der Waals surface area contributed by atoms with Crippen molar-refractivity contribution in [3.8, 4) is 0 Å². The van der Waals surface area contributed by atoms with Crippen molar-refractivity contribution in [1.29, 1.82) is 0 Å². The van der Waals surface area contributed by atoms with Crippen LogP contribution in [-0.2, 0) is 0 Å². The van der Waals surface area contributed by atoms with Crippen LogP contribution in [0.4, 0.5) is 5.82 Å². The smallest absolute Gasteiger partial charge is 0.156 e. The summed E-state index contributed by atoms with van der Waals surface area (Å²) in [5.41, 5.74) is 6.86. The van der Waals surface area contributed by atoms with Gasteiger partial charge in [-0.05, 0) is 64.5 Å². The molecule has 0 amide bonds. The van der Waals surface area contributed by atoms with E-state index in [0.29, 0.717) is 18.0 Å². The van der Waals surface area contributed by atoms with Gasteiger partial charge in [-0.1, -0.05) is 0 Å². The van der Waals surface area contributed by atoms with Crippen LogP contribution in [0, 0.1) is 5.92 Å². The predicted molar refractivity (Wildman–Crippen MR) is 98.1 cm³/mol. The SMILES string of the molecule is CC(C)(O)O.NCC1CCC(n2ccc3c(NC4CC4)ncnc32)C1. The fourth-order valence-corrected chi connectivity index (χ4v) is 3.32. The molecule has 2 aliphatic carbocycles. The first-order valence-electron chi connectivity index (χ1n) is 9.08. The van der Waals surface area contributed by atoms with Gasteiger partial charge in [0.05, 0.1) is 5.39 Å². The number of hydrogen-bond acceptors (Lipinski definition) is 6. The van der Waals surface area contributed by atoms with Crippen LogP contribution in [0.15, 0.2) is 18.6 Å². The lowest BCUT2D eigenvalue weighted by atomic mass is 10.1. The molecule has 25 heavy (non-hydrogen) atoms. The maximum absolute atomic E-state index is 8.08. The van der Waals surface area contributed by atoms with E-state index in [-0.39, 0.29) is 0 Å². The molecule has 7 nitrogen and oxygen atoms in total. The minimum atomic E-state index is -1.50. The van der Waals surface area contributed by atoms with Crippen molar-refractivity contribution in [1.82, 2.24) is 14.5 Å². The standard InChI is InChI=1S/C15H21N5.C3H8O2/c16-8-10-1-4-12(7-10)20-6-5-13-14(19-11-2-3-11)17-9-18-15(13)20;1-3(2,4)5/h5-6,9-12H,1-4,7-8,16H2,(H,17,18,19);4-5H,1-2H3. The number of nitrogens with zero attached hydrogens (tertiary/aromatic N) is 3. The Hall–Kier alpha value is -1.70. The average molecular weight is 347 g/mol. The Morgan fingerprint density at radius 3 is 2.56 bits per heavy atom. The Morgan fingerprint density at radius 2 is 1.96 bits per heavy atom. The van der Waals surface area contributed by atoms with Gasteiger partial charge in [0.25, 0.3) is 0 Å². The molecule has 7 heteroatoms. The summed E-state index contributed by atoms with van der Waals surface area (Å²) in [4.78, 5) is 8.91. The number of aliphatic hydroxyl groups is 2. The number of rotatable bonds is 4. The van der Waals surface area contributed by atoms with E-state index < -0.39 is 5.79 Å². The molecule has 5 N–H and O–H groups in total. The molecule has 2 aliphatic rings. The molecular weight excluding hydrogens is 318 g/mol. The van der Waals surface area contributed by atoms with Crippen LogP contribution in [0.2, 0.25) is 0 Å². The number of nitrogens with one attached hydrogen (secondary N) is 1. The van der Waals surface area contributed by atoms with Gasteiger partial charge < -0.3 is 25.8 Å². The summed E-state index contributed by atoms with van der Waals surface area (Å²) in [5, 5.41) is 20.8. The van der Waals surface area contributed by atoms with Gasteiger partial charge in [-0.3, -0.25) is 0 Å². The topological polar surface area (TPSA) is 109 Å². The fourth-order valence-electron chi connectivity index (χ4n) is 3.32. The molecule has 0 aliphatic heterocycles. The summed E-state index contributed by atoms with van der Waals surface area (Å²) < 4.78 is 2.32. The maximum atomic E-state index is 8.08. The lowest BCUT2D eigenvalue weighted by Crippen LogP contribution is -2.15. The average Bonchev–Trinajstić information content (AvgIpc) is 3.06. The van der Waals surface area contributed by atoms with Crippen LogP contribution >= 0.6 is 0 Å². The second-order valence-electron chi connectivity index (χ2n) is 7.66. The Bertz CT molecular complexity index is 699. The summed E-state index contributed by atoms with van der Waals surface area (Å²) in [5.74, 6) is 0.160. The summed E-state index contributed by atoms with van der Waals surface area (Å²) in [6.07, 6.45) is 9.98. The Balaban J connectivity index is 0.000000324. The third-order valence-corrected chi connectivity index (χ3v) is 4.67. The number of anilines is 1. The van der Waals surface area contributed by atoms with E-state index in [9.17, 15) is 0 Å². The zero-order chi connectivity index (χ0) is 18.0. The van der Waals surface area contributed by atoms with Gasteiger partial charge in [-0.15, -0.1) is 0 Å². The molecule has 0 bridgehead atoms. The minimum Gasteiger partial charge on any atom is -0.367 e. The summed E-state index contributed by atoms with van der Waals surface area (Å²) in [6.45, 7) is 3.40. The molecule has 0 spiro atoms. The van der Waals surface area contributed by atoms with E-state index in [1.165, 1.54) is 46.0 Å². The second kappa shape index (κ2) is 7.27. The maximum Gasteiger partial charge on any atom is 0.156 e. The van der Waals surface area contributed by atoms with Gasteiger partial charge in [0.2, 0.25) is 0 Å². The highest BCUT2D eigenvalue weighted by molar-refractivity contribution is 5.87. The lowest BCUT2D eigenvalue weighted by molar-refractivity contribution is -0.127. The highest BCUT2D eigenvalue weighted by Crippen LogP contribution is 2.37. The quantitative estimate of drug-likeness (QED) is 0.630. The van der Waals surface area contributed by atoms with Crippen molar-refractivity contribution in [3.63, 3.8) is 0 Å². The largest absolute Gasteiger partial charge is 0.367 e. The predicted octanol–water partition coefficient (Wildman–Crippen LogP) is 2.01. The van der Waals surface area contributed by atoms with Gasteiger partial charge in [0, 0.05) is 18.3 Å². The van der Waals surface area contributed by atoms with Gasteiger partial charge in [0.15, 0.2) is 5.79 Å². The van der Waals surface area contributed by atoms with Crippen molar-refractivity contribution in [3.05, 3.63) is 18.6 Å². The first kappa shape index (κ1) is 18.1. The second-order valence-corrected chi connectivity index (χ2v) is 7.66. The zero-order valence-electron chi connectivity index (χ0n) is 15.0. The molecule has 0 radical (unpaired) electrons. The number of aromatic nitrogens is 3. The molecule has 2 aromatic rings. The summed E-state index contributed by atoms with van der Waals surface area (Å²) in [6, 6.07) is 3.31. The van der Waals surface area contributed by atoms with Crippen LogP contribution < -0.4 is 11.1 Å². The van der Waals surface area contributed by atoms with Gasteiger partial charge in [-0.2, -0.15) is 0 Å². The van der Waals surface area contributed by atoms with Crippen molar-refractivity contribution in [2.75, 3.05) is 11.9 Å². The molecule has 0 saturated heterocycles. The molecule has 138 valence electrons. The van der Waals surface area contributed by atoms with Gasteiger partial charge in [0.1, 0.15) is 17.8 Å². The number of hydrogen-bond donors (Lipinski definition) is 4. The Kier molecular flexibility index (Phi) is 5.27. The van der Waals surface area contributed by atoms with Crippen LogP contribution in [0.5, 0.6) is 0 Å². The van der Waals surface area contributed by atoms with Crippen LogP contribution in [0.25, 0.3) is 11.0 Å². The van der Waals surface area contributed by atoms with Crippen molar-refractivity contribution in [2.45, 2.75) is 63.8 Å². The van der Waals surface area contributed by atoms with E-state index >= 15 is 0 Å². The minimum absolute atomic E-state index is 0.546. The molecule has 2 fully saturated rings. The van der Waals surface area contributed by atoms with E-state index in [0.717, 1.165) is 23.4 Å². The molecule has 2 aromatic heterocycles. The van der Waals surface area contributed by atoms with Crippen molar-refractivity contribution in [2.24, 2.45) is 11.7 Å². The van der Waals surface area contributed by atoms with E-state index in [2.05, 4.69) is 32.1 Å². The first-order valence-corrected chi connectivity index (χ1v) is 9.08. The lowest BCUT2D eigenvalue weighted by Gasteiger charge is -2.14. The van der Waals surface area contributed by atoms with Crippen molar-refractivity contribution >= 4 is 16.9 Å². The third-order valence-electron chi connectivity index (χ3n) is 4.67. The van der Waals surface area contributed by atoms with Crippen LogP contribution in [-0.4, -0.2) is 43.1 Å². The Morgan fingerprint density at radius 1 is 1.24 bits per heavy atom. The first-order chi connectivity index (χ1) is 11.8. The number of nitrogens with two attached hydrogens (primary N) is 1. The van der Waals surface area contributed by atoms with Gasteiger partial charge in [-0.25, -0.2) is 9.97 Å². The van der Waals surface area contributed by atoms with Crippen molar-refractivity contribution < 1.29 is 10.2 Å². The normalized spacial score (nSPS) is 23.4. The third kappa shape index (κ3) is 4.90. The van der Waals surface area contributed by atoms with E-state index in [4.69, 9.17) is 15.9 Å². The summed E-state index contributed by atoms with van der Waals surface area (Å²) >= 11 is 0. The summed E-state index contributed by atoms with van der Waals surface area (Å²) in [7, 11) is 0. The molecule has 4 rings (SSSR count). The highest BCUT2D eigenvalue weighted by atomic mass is 16.5. The molecule has 2 saturated carbocycles. The number of fused-ring (bicyclic) bond motifs is 1. The Labute approximate surface area is 148 Å². The molecule has 2 atom stereocenters. The zero-order valence-corrected chi connectivity index (χ0v) is 15.0. The van der Waals surface area contributed by atoms with E-state index in [1.807, 2.05) is 0 Å². The highest BCUT2D eigenvalue weighted by Gasteiger charge is 2.27. The van der Waals surface area contributed by atoms with Crippen LogP contribution in [0.1, 0.15) is 52.0 Å².